The second-order valence-electron chi connectivity index (χ2n) is 3.44. The van der Waals surface area contributed by atoms with Crippen molar-refractivity contribution in [2.75, 3.05) is 0 Å². The molecular formula is C8H15S. The maximum atomic E-state index is 4.77. The summed E-state index contributed by atoms with van der Waals surface area (Å²) in [7, 11) is 0. The lowest BCUT2D eigenvalue weighted by Gasteiger charge is -2.25. The van der Waals surface area contributed by atoms with Crippen molar-refractivity contribution in [1.29, 1.82) is 0 Å². The first kappa shape index (κ1) is 9.09. The molecule has 0 bridgehead atoms. The zero-order valence-electron chi connectivity index (χ0n) is 6.69. The van der Waals surface area contributed by atoms with Crippen molar-refractivity contribution in [3.63, 3.8) is 0 Å². The standard InChI is InChI=1S/C8H15S/c1-5-7(6-9)8(2,3)4/h7H,5H2,1-4H3. The summed E-state index contributed by atoms with van der Waals surface area (Å²) in [5.74, 6) is 0.465. The highest BCUT2D eigenvalue weighted by molar-refractivity contribution is 7.79. The van der Waals surface area contributed by atoms with E-state index in [0.29, 0.717) is 11.3 Å². The van der Waals surface area contributed by atoms with Gasteiger partial charge in [-0.1, -0.05) is 39.9 Å². The van der Waals surface area contributed by atoms with Crippen LogP contribution in [0.25, 0.3) is 0 Å². The van der Waals surface area contributed by atoms with Crippen LogP contribution in [0.4, 0.5) is 0 Å². The van der Waals surface area contributed by atoms with Gasteiger partial charge in [0.15, 0.2) is 0 Å². The van der Waals surface area contributed by atoms with E-state index < -0.39 is 0 Å². The third kappa shape index (κ3) is 2.95. The van der Waals surface area contributed by atoms with Gasteiger partial charge in [0.05, 0.1) is 0 Å². The smallest absolute Gasteiger partial charge is 0.0330 e. The lowest BCUT2D eigenvalue weighted by atomic mass is 9.81. The van der Waals surface area contributed by atoms with Gasteiger partial charge in [-0.25, -0.2) is 0 Å². The van der Waals surface area contributed by atoms with Gasteiger partial charge in [0.1, 0.15) is 0 Å². The Kier molecular flexibility index (Phi) is 3.34. The summed E-state index contributed by atoms with van der Waals surface area (Å²) in [6, 6.07) is 0. The molecule has 0 amide bonds. The van der Waals surface area contributed by atoms with E-state index in [0.717, 1.165) is 6.42 Å². The molecule has 0 aliphatic rings. The van der Waals surface area contributed by atoms with Gasteiger partial charge in [0, 0.05) is 5.37 Å². The summed E-state index contributed by atoms with van der Waals surface area (Å²) < 4.78 is 0. The summed E-state index contributed by atoms with van der Waals surface area (Å²) in [6.45, 7) is 8.73. The largest absolute Gasteiger partial charge is 0.0834 e. The molecule has 1 radical (unpaired) electrons. The number of hydrogen-bond acceptors (Lipinski definition) is 1. The fraction of sp³-hybridized carbons (Fsp3) is 0.875. The van der Waals surface area contributed by atoms with Crippen LogP contribution in [0.1, 0.15) is 34.1 Å². The van der Waals surface area contributed by atoms with Crippen LogP contribution in [0, 0.1) is 11.3 Å². The van der Waals surface area contributed by atoms with E-state index in [-0.39, 0.29) is 0 Å². The zero-order chi connectivity index (χ0) is 7.49. The molecule has 0 nitrogen and oxygen atoms in total. The van der Waals surface area contributed by atoms with Crippen molar-refractivity contribution in [3.05, 3.63) is 0 Å². The second-order valence-corrected chi connectivity index (χ2v) is 3.68. The highest BCUT2D eigenvalue weighted by Gasteiger charge is 2.20. The molecule has 0 aliphatic carbocycles. The lowest BCUT2D eigenvalue weighted by molar-refractivity contribution is 0.313. The first-order chi connectivity index (χ1) is 4.02. The van der Waals surface area contributed by atoms with Gasteiger partial charge >= 0.3 is 0 Å². The molecule has 0 saturated carbocycles. The molecule has 1 unspecified atom stereocenters. The van der Waals surface area contributed by atoms with Crippen LogP contribution in [0.5, 0.6) is 0 Å². The van der Waals surface area contributed by atoms with Crippen molar-refractivity contribution in [2.45, 2.75) is 34.1 Å². The molecule has 0 aromatic carbocycles. The Labute approximate surface area is 63.7 Å². The molecule has 53 valence electrons. The second kappa shape index (κ2) is 3.31. The van der Waals surface area contributed by atoms with Gasteiger partial charge in [-0.2, -0.15) is 0 Å². The van der Waals surface area contributed by atoms with E-state index in [1.54, 1.807) is 0 Å². The van der Waals surface area contributed by atoms with Gasteiger partial charge in [-0.3, -0.25) is 0 Å². The first-order valence-corrected chi connectivity index (χ1v) is 3.81. The number of rotatable bonds is 2. The van der Waals surface area contributed by atoms with E-state index in [4.69, 9.17) is 12.2 Å². The molecule has 0 saturated heterocycles. The Morgan fingerprint density at radius 1 is 1.44 bits per heavy atom. The van der Waals surface area contributed by atoms with Gasteiger partial charge in [-0.05, 0) is 17.8 Å². The molecule has 0 aliphatic heterocycles. The molecule has 0 aromatic rings. The van der Waals surface area contributed by atoms with Crippen LogP contribution in [0.2, 0.25) is 0 Å². The maximum absolute atomic E-state index is 4.77. The van der Waals surface area contributed by atoms with E-state index >= 15 is 0 Å². The van der Waals surface area contributed by atoms with Crippen molar-refractivity contribution in [1.82, 2.24) is 0 Å². The van der Waals surface area contributed by atoms with Crippen LogP contribution < -0.4 is 0 Å². The van der Waals surface area contributed by atoms with Crippen LogP contribution in [0.15, 0.2) is 0 Å². The minimum Gasteiger partial charge on any atom is -0.0834 e. The van der Waals surface area contributed by atoms with E-state index in [2.05, 4.69) is 33.1 Å². The van der Waals surface area contributed by atoms with Gasteiger partial charge in [0.2, 0.25) is 0 Å². The summed E-state index contributed by atoms with van der Waals surface area (Å²) in [6.07, 6.45) is 1.10. The third-order valence-electron chi connectivity index (χ3n) is 1.60. The number of thiocarbonyl (C=S) groups is 1. The van der Waals surface area contributed by atoms with Crippen LogP contribution in [0.3, 0.4) is 0 Å². The summed E-state index contributed by atoms with van der Waals surface area (Å²) in [4.78, 5) is 0. The molecular weight excluding hydrogens is 128 g/mol. The van der Waals surface area contributed by atoms with Crippen molar-refractivity contribution in [2.24, 2.45) is 11.3 Å². The lowest BCUT2D eigenvalue weighted by Crippen LogP contribution is -2.19. The molecule has 9 heavy (non-hydrogen) atoms. The van der Waals surface area contributed by atoms with Gasteiger partial charge in [-0.15, -0.1) is 0 Å². The van der Waals surface area contributed by atoms with Crippen LogP contribution in [-0.2, 0) is 0 Å². The number of hydrogen-bond donors (Lipinski definition) is 0. The molecule has 0 rings (SSSR count). The molecule has 0 fully saturated rings. The predicted octanol–water partition coefficient (Wildman–Crippen LogP) is 2.94. The first-order valence-electron chi connectivity index (χ1n) is 3.40. The molecule has 1 heteroatoms. The SMILES string of the molecule is CCC([C]=S)C(C)(C)C. The Hall–Kier alpha value is 0.0900. The van der Waals surface area contributed by atoms with E-state index in [1.165, 1.54) is 0 Å². The minimum atomic E-state index is 0.302. The molecule has 0 heterocycles. The normalized spacial score (nSPS) is 15.1. The van der Waals surface area contributed by atoms with Gasteiger partial charge < -0.3 is 0 Å². The van der Waals surface area contributed by atoms with Crippen molar-refractivity contribution < 1.29 is 0 Å². The highest BCUT2D eigenvalue weighted by atomic mass is 32.1. The minimum absolute atomic E-state index is 0.302. The molecule has 1 atom stereocenters. The molecule has 0 aromatic heterocycles. The average molecular weight is 143 g/mol. The fourth-order valence-corrected chi connectivity index (χ4v) is 1.39. The Morgan fingerprint density at radius 3 is 1.89 bits per heavy atom. The van der Waals surface area contributed by atoms with Gasteiger partial charge in [0.25, 0.3) is 0 Å². The third-order valence-corrected chi connectivity index (χ3v) is 1.88. The Morgan fingerprint density at radius 2 is 1.89 bits per heavy atom. The molecule has 0 spiro atoms. The fourth-order valence-electron chi connectivity index (χ4n) is 0.872. The Balaban J connectivity index is 3.94. The van der Waals surface area contributed by atoms with Crippen LogP contribution >= 0.6 is 12.2 Å². The Bertz CT molecular complexity index is 89.2. The summed E-state index contributed by atoms with van der Waals surface area (Å²) in [5, 5.41) is 2.88. The van der Waals surface area contributed by atoms with Crippen LogP contribution in [-0.4, -0.2) is 5.37 Å². The predicted molar refractivity (Wildman–Crippen MR) is 45.8 cm³/mol. The van der Waals surface area contributed by atoms with Crippen molar-refractivity contribution >= 4 is 17.6 Å². The topological polar surface area (TPSA) is 0 Å². The quantitative estimate of drug-likeness (QED) is 0.536. The zero-order valence-corrected chi connectivity index (χ0v) is 7.51. The van der Waals surface area contributed by atoms with Crippen molar-refractivity contribution in [3.8, 4) is 0 Å². The summed E-state index contributed by atoms with van der Waals surface area (Å²) in [5.41, 5.74) is 0.302. The molecule has 0 N–H and O–H groups in total. The summed E-state index contributed by atoms with van der Waals surface area (Å²) >= 11 is 4.77. The maximum Gasteiger partial charge on any atom is 0.0330 e. The van der Waals surface area contributed by atoms with E-state index in [1.807, 2.05) is 0 Å². The monoisotopic (exact) mass is 143 g/mol. The van der Waals surface area contributed by atoms with E-state index in [9.17, 15) is 0 Å². The average Bonchev–Trinajstić information content (AvgIpc) is 1.65. The highest BCUT2D eigenvalue weighted by Crippen LogP contribution is 2.26.